The van der Waals surface area contributed by atoms with Crippen LogP contribution >= 0.6 is 11.6 Å². The van der Waals surface area contributed by atoms with Crippen LogP contribution in [0.2, 0.25) is 5.02 Å². The molecule has 3 heterocycles. The van der Waals surface area contributed by atoms with Crippen molar-refractivity contribution >= 4 is 17.5 Å². The van der Waals surface area contributed by atoms with Crippen molar-refractivity contribution in [2.45, 2.75) is 12.5 Å². The Balaban J connectivity index is 1.65. The smallest absolute Gasteiger partial charge is 0.255 e. The minimum Gasteiger partial charge on any atom is -0.337 e. The lowest BCUT2D eigenvalue weighted by Gasteiger charge is -2.32. The number of likely N-dealkylation sites (tertiary alicyclic amines) is 1. The number of amides is 1. The van der Waals surface area contributed by atoms with Gasteiger partial charge in [0.25, 0.3) is 5.91 Å². The van der Waals surface area contributed by atoms with Crippen molar-refractivity contribution in [2.24, 2.45) is 0 Å². The summed E-state index contributed by atoms with van der Waals surface area (Å²) in [4.78, 5) is 20.8. The average molecular weight is 295 g/mol. The van der Waals surface area contributed by atoms with E-state index in [1.54, 1.807) is 12.3 Å². The van der Waals surface area contributed by atoms with Gasteiger partial charge in [-0.05, 0) is 12.5 Å². The van der Waals surface area contributed by atoms with Gasteiger partial charge in [-0.25, -0.2) is 0 Å². The van der Waals surface area contributed by atoms with Crippen LogP contribution in [0.1, 0.15) is 16.8 Å². The lowest BCUT2D eigenvalue weighted by molar-refractivity contribution is 0.0773. The Bertz CT molecular complexity index is 490. The molecule has 1 N–H and O–H groups in total. The van der Waals surface area contributed by atoms with Crippen LogP contribution in [0, 0.1) is 0 Å². The van der Waals surface area contributed by atoms with Crippen molar-refractivity contribution < 1.29 is 4.79 Å². The molecule has 20 heavy (non-hydrogen) atoms. The average Bonchev–Trinajstić information content (AvgIpc) is 2.98. The van der Waals surface area contributed by atoms with E-state index in [0.717, 1.165) is 45.7 Å². The third-order valence-electron chi connectivity index (χ3n) is 4.12. The first-order chi connectivity index (χ1) is 9.75. The molecule has 1 aromatic heterocycles. The van der Waals surface area contributed by atoms with E-state index in [9.17, 15) is 4.79 Å². The number of rotatable bonds is 2. The number of nitrogens with zero attached hydrogens (tertiary/aromatic N) is 3. The molecule has 6 heteroatoms. The molecule has 0 aromatic carbocycles. The van der Waals surface area contributed by atoms with Crippen molar-refractivity contribution in [3.05, 3.63) is 29.0 Å². The van der Waals surface area contributed by atoms with Crippen molar-refractivity contribution in [1.82, 2.24) is 20.1 Å². The Morgan fingerprint density at radius 1 is 1.35 bits per heavy atom. The number of hydrogen-bond acceptors (Lipinski definition) is 4. The first-order valence-corrected chi connectivity index (χ1v) is 7.47. The van der Waals surface area contributed by atoms with Gasteiger partial charge in [-0.1, -0.05) is 11.6 Å². The normalized spacial score (nSPS) is 24.1. The van der Waals surface area contributed by atoms with E-state index >= 15 is 0 Å². The summed E-state index contributed by atoms with van der Waals surface area (Å²) in [5, 5.41) is 3.79. The van der Waals surface area contributed by atoms with Gasteiger partial charge in [-0.2, -0.15) is 0 Å². The lowest BCUT2D eigenvalue weighted by atomic mass is 10.2. The van der Waals surface area contributed by atoms with Gasteiger partial charge in [0.15, 0.2) is 0 Å². The summed E-state index contributed by atoms with van der Waals surface area (Å²) in [6.07, 6.45) is 4.19. The molecule has 2 aliphatic heterocycles. The Kier molecular flexibility index (Phi) is 4.19. The monoisotopic (exact) mass is 294 g/mol. The van der Waals surface area contributed by atoms with Crippen LogP contribution in [0.5, 0.6) is 0 Å². The Morgan fingerprint density at radius 3 is 2.90 bits per heavy atom. The molecule has 2 saturated heterocycles. The summed E-state index contributed by atoms with van der Waals surface area (Å²) >= 11 is 6.05. The summed E-state index contributed by atoms with van der Waals surface area (Å²) in [5.74, 6) is 0.0232. The Hall–Kier alpha value is -1.17. The maximum Gasteiger partial charge on any atom is 0.255 e. The highest BCUT2D eigenvalue weighted by Crippen LogP contribution is 2.21. The molecule has 0 radical (unpaired) electrons. The van der Waals surface area contributed by atoms with Gasteiger partial charge in [0.05, 0.1) is 10.6 Å². The fourth-order valence-corrected chi connectivity index (χ4v) is 3.19. The number of carbonyl (C=O) groups is 1. The van der Waals surface area contributed by atoms with Crippen LogP contribution in [0.4, 0.5) is 0 Å². The number of nitrogens with one attached hydrogen (secondary N) is 1. The maximum atomic E-state index is 12.5. The molecule has 5 nitrogen and oxygen atoms in total. The Morgan fingerprint density at radius 2 is 2.15 bits per heavy atom. The summed E-state index contributed by atoms with van der Waals surface area (Å²) < 4.78 is 0. The van der Waals surface area contributed by atoms with Gasteiger partial charge >= 0.3 is 0 Å². The van der Waals surface area contributed by atoms with Gasteiger partial charge in [0.1, 0.15) is 0 Å². The van der Waals surface area contributed by atoms with Crippen molar-refractivity contribution in [3.63, 3.8) is 0 Å². The summed E-state index contributed by atoms with van der Waals surface area (Å²) in [6.45, 7) is 5.84. The molecule has 1 aromatic rings. The highest BCUT2D eigenvalue weighted by Gasteiger charge is 2.31. The van der Waals surface area contributed by atoms with E-state index in [0.29, 0.717) is 16.6 Å². The fourth-order valence-electron chi connectivity index (χ4n) is 2.99. The van der Waals surface area contributed by atoms with Gasteiger partial charge in [0, 0.05) is 57.7 Å². The second kappa shape index (κ2) is 6.08. The van der Waals surface area contributed by atoms with Crippen molar-refractivity contribution in [2.75, 3.05) is 39.3 Å². The molecular formula is C14H19ClN4O. The topological polar surface area (TPSA) is 48.5 Å². The van der Waals surface area contributed by atoms with E-state index in [1.807, 2.05) is 4.90 Å². The predicted molar refractivity (Wildman–Crippen MR) is 78.0 cm³/mol. The van der Waals surface area contributed by atoms with E-state index < -0.39 is 0 Å². The molecule has 0 saturated carbocycles. The zero-order valence-corrected chi connectivity index (χ0v) is 12.1. The largest absolute Gasteiger partial charge is 0.337 e. The number of pyridine rings is 1. The third-order valence-corrected chi connectivity index (χ3v) is 4.42. The standard InChI is InChI=1S/C14H19ClN4O/c15-13-9-17-3-1-12(13)14(20)19-6-2-11(10-19)18-7-4-16-5-8-18/h1,3,9,11,16H,2,4-8,10H2. The van der Waals surface area contributed by atoms with Crippen LogP contribution in [-0.4, -0.2) is 66.0 Å². The third kappa shape index (κ3) is 2.80. The Labute approximate surface area is 123 Å². The SMILES string of the molecule is O=C(c1ccncc1Cl)N1CCC(N2CCNCC2)C1. The molecule has 1 amide bonds. The maximum absolute atomic E-state index is 12.5. The van der Waals surface area contributed by atoms with Crippen LogP contribution in [0.25, 0.3) is 0 Å². The quantitative estimate of drug-likeness (QED) is 0.879. The van der Waals surface area contributed by atoms with Gasteiger partial charge in [0.2, 0.25) is 0 Å². The first kappa shape index (κ1) is 13.8. The highest BCUT2D eigenvalue weighted by molar-refractivity contribution is 6.33. The number of aromatic nitrogens is 1. The van der Waals surface area contributed by atoms with Crippen molar-refractivity contribution in [3.8, 4) is 0 Å². The molecular weight excluding hydrogens is 276 g/mol. The number of carbonyl (C=O) groups excluding carboxylic acids is 1. The second-order valence-electron chi connectivity index (χ2n) is 5.34. The summed E-state index contributed by atoms with van der Waals surface area (Å²) in [6, 6.07) is 2.18. The summed E-state index contributed by atoms with van der Waals surface area (Å²) in [7, 11) is 0. The fraction of sp³-hybridized carbons (Fsp3) is 0.571. The van der Waals surface area contributed by atoms with E-state index in [-0.39, 0.29) is 5.91 Å². The molecule has 1 atom stereocenters. The summed E-state index contributed by atoms with van der Waals surface area (Å²) in [5.41, 5.74) is 0.558. The minimum atomic E-state index is 0.0232. The van der Waals surface area contributed by atoms with Crippen molar-refractivity contribution in [1.29, 1.82) is 0 Å². The number of hydrogen-bond donors (Lipinski definition) is 1. The molecule has 2 fully saturated rings. The lowest BCUT2D eigenvalue weighted by Crippen LogP contribution is -2.49. The van der Waals surface area contributed by atoms with Crippen LogP contribution in [0.3, 0.4) is 0 Å². The zero-order chi connectivity index (χ0) is 13.9. The van der Waals surface area contributed by atoms with E-state index in [2.05, 4.69) is 15.2 Å². The molecule has 0 spiro atoms. The molecule has 2 aliphatic rings. The van der Waals surface area contributed by atoms with E-state index in [1.165, 1.54) is 6.20 Å². The minimum absolute atomic E-state index is 0.0232. The molecule has 0 aliphatic carbocycles. The second-order valence-corrected chi connectivity index (χ2v) is 5.74. The number of halogens is 1. The first-order valence-electron chi connectivity index (χ1n) is 7.09. The highest BCUT2D eigenvalue weighted by atomic mass is 35.5. The van der Waals surface area contributed by atoms with Gasteiger partial charge < -0.3 is 10.2 Å². The zero-order valence-electron chi connectivity index (χ0n) is 11.4. The van der Waals surface area contributed by atoms with E-state index in [4.69, 9.17) is 11.6 Å². The molecule has 1 unspecified atom stereocenters. The molecule has 0 bridgehead atoms. The van der Waals surface area contributed by atoms with Gasteiger partial charge in [-0.15, -0.1) is 0 Å². The van der Waals surface area contributed by atoms with Gasteiger partial charge in [-0.3, -0.25) is 14.7 Å². The predicted octanol–water partition coefficient (Wildman–Crippen LogP) is 0.855. The van der Waals surface area contributed by atoms with Crippen LogP contribution in [0.15, 0.2) is 18.5 Å². The van der Waals surface area contributed by atoms with Crippen LogP contribution in [-0.2, 0) is 0 Å². The molecule has 108 valence electrons. The molecule has 3 rings (SSSR count). The van der Waals surface area contributed by atoms with Crippen LogP contribution < -0.4 is 5.32 Å². The number of piperazine rings is 1.